The molecule has 0 fully saturated rings. The average molecular weight is 580 g/mol. The van der Waals surface area contributed by atoms with Gasteiger partial charge < -0.3 is 15.4 Å². The third kappa shape index (κ3) is 8.26. The molecule has 0 radical (unpaired) electrons. The molecule has 8 nitrogen and oxygen atoms in total. The summed E-state index contributed by atoms with van der Waals surface area (Å²) >= 11 is 0. The lowest BCUT2D eigenvalue weighted by molar-refractivity contribution is -0.123. The molecule has 0 aliphatic rings. The Kier molecular flexibility index (Phi) is 9.41. The van der Waals surface area contributed by atoms with Gasteiger partial charge in [0.15, 0.2) is 5.69 Å². The van der Waals surface area contributed by atoms with E-state index in [4.69, 9.17) is 4.74 Å². The number of hydrogen-bond acceptors (Lipinski definition) is 5. The Balaban J connectivity index is 1.52. The van der Waals surface area contributed by atoms with E-state index in [1.165, 1.54) is 34.5 Å². The minimum atomic E-state index is -4.52. The number of benzene rings is 3. The first-order chi connectivity index (χ1) is 19.9. The number of hydrogen-bond donors (Lipinski definition) is 2. The minimum absolute atomic E-state index is 0.00124. The zero-order chi connectivity index (χ0) is 30.3. The molecule has 11 heteroatoms. The number of ether oxygens (including phenoxy) is 1. The van der Waals surface area contributed by atoms with Crippen molar-refractivity contribution in [1.29, 1.82) is 0 Å². The molecule has 0 saturated carbocycles. The first kappa shape index (κ1) is 30.4. The van der Waals surface area contributed by atoms with Gasteiger partial charge in [-0.3, -0.25) is 9.59 Å². The van der Waals surface area contributed by atoms with Gasteiger partial charge in [0.25, 0.3) is 11.8 Å². The molecule has 0 aliphatic heterocycles. The summed E-state index contributed by atoms with van der Waals surface area (Å²) in [6.07, 6.45) is -4.52. The van der Waals surface area contributed by atoms with Gasteiger partial charge in [-0.1, -0.05) is 80.6 Å². The molecule has 3 aromatic carbocycles. The zero-order valence-electron chi connectivity index (χ0n) is 23.5. The van der Waals surface area contributed by atoms with E-state index < -0.39 is 24.5 Å². The zero-order valence-corrected chi connectivity index (χ0v) is 23.5. The van der Waals surface area contributed by atoms with Crippen LogP contribution in [0.15, 0.2) is 78.9 Å². The molecule has 0 unspecified atom stereocenters. The number of nitrogens with zero attached hydrogens (tertiary/aromatic N) is 3. The molecule has 0 saturated heterocycles. The average Bonchev–Trinajstić information content (AvgIpc) is 3.38. The number of rotatable bonds is 10. The van der Waals surface area contributed by atoms with Crippen molar-refractivity contribution >= 4 is 11.8 Å². The molecule has 0 bridgehead atoms. The summed E-state index contributed by atoms with van der Waals surface area (Å²) in [6, 6.07) is 23.3. The number of alkyl halides is 3. The van der Waals surface area contributed by atoms with Crippen molar-refractivity contribution in [2.24, 2.45) is 0 Å². The second kappa shape index (κ2) is 13.0. The van der Waals surface area contributed by atoms with Crippen molar-refractivity contribution in [2.45, 2.75) is 52.1 Å². The normalized spacial score (nSPS) is 11.8. The van der Waals surface area contributed by atoms with Gasteiger partial charge >= 0.3 is 6.18 Å². The lowest BCUT2D eigenvalue weighted by Gasteiger charge is -2.19. The molecule has 220 valence electrons. The third-order valence-corrected chi connectivity index (χ3v) is 6.43. The minimum Gasteiger partial charge on any atom is -0.370 e. The molecular formula is C31H32F3N5O3. The molecule has 1 aromatic heterocycles. The van der Waals surface area contributed by atoms with Crippen LogP contribution in [0.25, 0.3) is 5.69 Å². The number of halogens is 3. The van der Waals surface area contributed by atoms with Gasteiger partial charge in [-0.2, -0.15) is 13.2 Å². The van der Waals surface area contributed by atoms with Gasteiger partial charge in [-0.25, -0.2) is 4.68 Å². The fraction of sp³-hybridized carbons (Fsp3) is 0.290. The summed E-state index contributed by atoms with van der Waals surface area (Å²) < 4.78 is 44.7. The molecule has 0 aliphatic carbocycles. The fourth-order valence-corrected chi connectivity index (χ4v) is 4.08. The Morgan fingerprint density at radius 1 is 0.810 bits per heavy atom. The highest BCUT2D eigenvalue weighted by Gasteiger charge is 2.28. The lowest BCUT2D eigenvalue weighted by atomic mass is 9.87. The Morgan fingerprint density at radius 2 is 1.48 bits per heavy atom. The van der Waals surface area contributed by atoms with Gasteiger partial charge in [0, 0.05) is 12.1 Å². The third-order valence-electron chi connectivity index (χ3n) is 6.43. The van der Waals surface area contributed by atoms with Crippen LogP contribution in [0, 0.1) is 0 Å². The fourth-order valence-electron chi connectivity index (χ4n) is 4.08. The van der Waals surface area contributed by atoms with Crippen LogP contribution in [-0.4, -0.2) is 39.5 Å². The van der Waals surface area contributed by atoms with E-state index in [1.807, 2.05) is 59.9 Å². The number of carbonyl (C=O) groups excluding carboxylic acids is 2. The van der Waals surface area contributed by atoms with Crippen LogP contribution in [-0.2, 0) is 29.9 Å². The maximum atomic E-state index is 13.2. The van der Waals surface area contributed by atoms with Gasteiger partial charge in [-0.05, 0) is 46.4 Å². The van der Waals surface area contributed by atoms with Gasteiger partial charge in [0.05, 0.1) is 18.9 Å². The van der Waals surface area contributed by atoms with Gasteiger partial charge in [-0.15, -0.1) is 5.10 Å². The van der Waals surface area contributed by atoms with E-state index in [9.17, 15) is 22.8 Å². The van der Waals surface area contributed by atoms with Crippen LogP contribution in [0.1, 0.15) is 64.0 Å². The maximum Gasteiger partial charge on any atom is 0.405 e. The Labute approximate surface area is 241 Å². The summed E-state index contributed by atoms with van der Waals surface area (Å²) in [6.45, 7) is 5.52. The second-order valence-electron chi connectivity index (χ2n) is 10.7. The van der Waals surface area contributed by atoms with Crippen LogP contribution in [0.2, 0.25) is 0 Å². The lowest BCUT2D eigenvalue weighted by Crippen LogP contribution is -2.33. The molecule has 0 spiro atoms. The highest BCUT2D eigenvalue weighted by Crippen LogP contribution is 2.22. The van der Waals surface area contributed by atoms with E-state index in [0.717, 1.165) is 11.1 Å². The SMILES string of the molecule is CC(C)(C)c1ccc(CNC(=O)c2nnn(-c3ccc(C(=O)NCC(F)(F)F)cc3)c2COCc2ccccc2)cc1. The largest absolute Gasteiger partial charge is 0.405 e. The van der Waals surface area contributed by atoms with Crippen LogP contribution in [0.4, 0.5) is 13.2 Å². The standard InChI is InChI=1S/C31H32F3N5O3/c1-30(2,3)24-13-9-21(10-14-24)17-35-29(41)27-26(19-42-18-22-7-5-4-6-8-22)39(38-37-27)25-15-11-23(12-16-25)28(40)36-20-31(32,33)34/h4-16H,17-20H2,1-3H3,(H,35,41)(H,36,40). The summed E-state index contributed by atoms with van der Waals surface area (Å²) in [5.74, 6) is -1.30. The number of nitrogens with one attached hydrogen (secondary N) is 2. The van der Waals surface area contributed by atoms with E-state index in [2.05, 4.69) is 36.4 Å². The second-order valence-corrected chi connectivity index (χ2v) is 10.7. The van der Waals surface area contributed by atoms with Gasteiger partial charge in [0.1, 0.15) is 12.2 Å². The van der Waals surface area contributed by atoms with Crippen LogP contribution in [0.3, 0.4) is 0 Å². The number of aromatic nitrogens is 3. The van der Waals surface area contributed by atoms with Crippen LogP contribution < -0.4 is 10.6 Å². The Bertz CT molecular complexity index is 1490. The first-order valence-electron chi connectivity index (χ1n) is 13.3. The van der Waals surface area contributed by atoms with Crippen LogP contribution >= 0.6 is 0 Å². The first-order valence-corrected chi connectivity index (χ1v) is 13.3. The number of carbonyl (C=O) groups is 2. The molecule has 4 rings (SSSR count). The Morgan fingerprint density at radius 3 is 2.10 bits per heavy atom. The van der Waals surface area contributed by atoms with Crippen molar-refractivity contribution in [3.63, 3.8) is 0 Å². The summed E-state index contributed by atoms with van der Waals surface area (Å²) in [4.78, 5) is 25.3. The van der Waals surface area contributed by atoms with Crippen molar-refractivity contribution in [3.05, 3.63) is 113 Å². The Hall–Kier alpha value is -4.51. The highest BCUT2D eigenvalue weighted by molar-refractivity contribution is 5.94. The molecule has 42 heavy (non-hydrogen) atoms. The van der Waals surface area contributed by atoms with Crippen molar-refractivity contribution < 1.29 is 27.5 Å². The summed E-state index contributed by atoms with van der Waals surface area (Å²) in [7, 11) is 0. The monoisotopic (exact) mass is 579 g/mol. The molecule has 2 amide bonds. The summed E-state index contributed by atoms with van der Waals surface area (Å²) in [5.41, 5.74) is 4.00. The van der Waals surface area contributed by atoms with Crippen LogP contribution in [0.5, 0.6) is 0 Å². The predicted molar refractivity (Wildman–Crippen MR) is 151 cm³/mol. The molecule has 1 heterocycles. The predicted octanol–water partition coefficient (Wildman–Crippen LogP) is 5.50. The molecule has 4 aromatic rings. The smallest absolute Gasteiger partial charge is 0.370 e. The number of amides is 2. The highest BCUT2D eigenvalue weighted by atomic mass is 19.4. The van der Waals surface area contributed by atoms with E-state index >= 15 is 0 Å². The van der Waals surface area contributed by atoms with Crippen molar-refractivity contribution in [1.82, 2.24) is 25.6 Å². The van der Waals surface area contributed by atoms with Crippen molar-refractivity contribution in [2.75, 3.05) is 6.54 Å². The molecule has 0 atom stereocenters. The molecular weight excluding hydrogens is 547 g/mol. The van der Waals surface area contributed by atoms with E-state index in [-0.39, 0.29) is 36.4 Å². The topological polar surface area (TPSA) is 98.1 Å². The molecule has 2 N–H and O–H groups in total. The van der Waals surface area contributed by atoms with E-state index in [1.54, 1.807) is 0 Å². The quantitative estimate of drug-likeness (QED) is 0.259. The maximum absolute atomic E-state index is 13.2. The van der Waals surface area contributed by atoms with E-state index in [0.29, 0.717) is 11.4 Å². The van der Waals surface area contributed by atoms with Gasteiger partial charge in [0.2, 0.25) is 0 Å². The van der Waals surface area contributed by atoms with Crippen molar-refractivity contribution in [3.8, 4) is 5.69 Å². The summed E-state index contributed by atoms with van der Waals surface area (Å²) in [5, 5.41) is 13.0.